The molecule has 0 radical (unpaired) electrons. The van der Waals surface area contributed by atoms with Crippen molar-refractivity contribution in [3.63, 3.8) is 0 Å². The lowest BCUT2D eigenvalue weighted by Crippen LogP contribution is -2.43. The van der Waals surface area contributed by atoms with E-state index >= 15 is 0 Å². The van der Waals surface area contributed by atoms with Crippen LogP contribution < -0.4 is 15.0 Å². The maximum Gasteiger partial charge on any atom is 0.331 e. The highest BCUT2D eigenvalue weighted by Crippen LogP contribution is 2.34. The van der Waals surface area contributed by atoms with Crippen LogP contribution in [0.5, 0.6) is 5.75 Å². The largest absolute Gasteiger partial charge is 0.423 e. The fourth-order valence-electron chi connectivity index (χ4n) is 2.95. The van der Waals surface area contributed by atoms with E-state index in [0.29, 0.717) is 12.2 Å². The molecule has 0 bridgehead atoms. The van der Waals surface area contributed by atoms with Gasteiger partial charge in [0.2, 0.25) is 5.91 Å². The SMILES string of the molecule is CCN(CC)CCCCNC(=O)CN1CC(=O)Oc2cc([N+](=O)[O-])ccc21. The summed E-state index contributed by atoms with van der Waals surface area (Å²) in [6.45, 7) is 7.80. The van der Waals surface area contributed by atoms with E-state index in [-0.39, 0.29) is 30.4 Å². The van der Waals surface area contributed by atoms with Gasteiger partial charge in [0, 0.05) is 12.6 Å². The normalized spacial score (nSPS) is 13.3. The van der Waals surface area contributed by atoms with Crippen LogP contribution in [0.1, 0.15) is 26.7 Å². The van der Waals surface area contributed by atoms with Crippen LogP contribution in [0.4, 0.5) is 11.4 Å². The highest BCUT2D eigenvalue weighted by Gasteiger charge is 2.27. The first-order valence-electron chi connectivity index (χ1n) is 9.17. The molecule has 0 atom stereocenters. The molecule has 0 fully saturated rings. The van der Waals surface area contributed by atoms with E-state index in [4.69, 9.17) is 4.74 Å². The topological polar surface area (TPSA) is 105 Å². The third-order valence-electron chi connectivity index (χ3n) is 4.49. The zero-order valence-corrected chi connectivity index (χ0v) is 15.8. The smallest absolute Gasteiger partial charge is 0.331 e. The minimum Gasteiger partial charge on any atom is -0.423 e. The monoisotopic (exact) mass is 378 g/mol. The molecule has 0 saturated heterocycles. The lowest BCUT2D eigenvalue weighted by atomic mass is 10.2. The molecule has 0 unspecified atom stereocenters. The van der Waals surface area contributed by atoms with Gasteiger partial charge in [-0.25, -0.2) is 4.79 Å². The van der Waals surface area contributed by atoms with Gasteiger partial charge < -0.3 is 19.9 Å². The fourth-order valence-corrected chi connectivity index (χ4v) is 2.95. The fraction of sp³-hybridized carbons (Fsp3) is 0.556. The number of nitro benzene ring substituents is 1. The van der Waals surface area contributed by atoms with Crippen LogP contribution in [0.25, 0.3) is 0 Å². The Morgan fingerprint density at radius 3 is 2.74 bits per heavy atom. The van der Waals surface area contributed by atoms with Crippen LogP contribution in [-0.4, -0.2) is 61.0 Å². The third kappa shape index (κ3) is 5.92. The third-order valence-corrected chi connectivity index (χ3v) is 4.49. The number of benzene rings is 1. The molecular weight excluding hydrogens is 352 g/mol. The highest BCUT2D eigenvalue weighted by atomic mass is 16.6. The Bertz CT molecular complexity index is 690. The van der Waals surface area contributed by atoms with Crippen molar-refractivity contribution in [3.8, 4) is 5.75 Å². The van der Waals surface area contributed by atoms with Crippen LogP contribution in [0.2, 0.25) is 0 Å². The van der Waals surface area contributed by atoms with E-state index in [1.165, 1.54) is 18.2 Å². The number of hydrogen-bond acceptors (Lipinski definition) is 7. The second-order valence-electron chi connectivity index (χ2n) is 6.32. The summed E-state index contributed by atoms with van der Waals surface area (Å²) in [6.07, 6.45) is 1.89. The molecule has 1 aromatic rings. The highest BCUT2D eigenvalue weighted by molar-refractivity contribution is 5.89. The maximum atomic E-state index is 12.2. The molecule has 1 aromatic carbocycles. The Kier molecular flexibility index (Phi) is 7.54. The number of nitrogens with zero attached hydrogens (tertiary/aromatic N) is 3. The molecule has 9 heteroatoms. The average molecular weight is 378 g/mol. The number of rotatable bonds is 10. The van der Waals surface area contributed by atoms with Gasteiger partial charge in [0.25, 0.3) is 5.69 Å². The molecule has 2 rings (SSSR count). The van der Waals surface area contributed by atoms with Crippen molar-refractivity contribution in [1.29, 1.82) is 0 Å². The number of esters is 1. The number of carbonyl (C=O) groups excluding carboxylic acids is 2. The first kappa shape index (κ1) is 20.6. The van der Waals surface area contributed by atoms with Crippen molar-refractivity contribution >= 4 is 23.3 Å². The summed E-state index contributed by atoms with van der Waals surface area (Å²) in [5, 5.41) is 13.7. The number of ether oxygens (including phenoxy) is 1. The van der Waals surface area contributed by atoms with Crippen LogP contribution in [0.15, 0.2) is 18.2 Å². The standard InChI is InChI=1S/C18H26N4O5/c1-3-20(4-2)10-6-5-9-19-17(23)12-21-13-18(24)27-16-11-14(22(25)26)7-8-15(16)21/h7-8,11H,3-6,9-10,12-13H2,1-2H3,(H,19,23). The van der Waals surface area contributed by atoms with Gasteiger partial charge in [0.1, 0.15) is 6.54 Å². The van der Waals surface area contributed by atoms with Crippen molar-refractivity contribution in [3.05, 3.63) is 28.3 Å². The molecule has 27 heavy (non-hydrogen) atoms. The van der Waals surface area contributed by atoms with Gasteiger partial charge in [-0.15, -0.1) is 0 Å². The van der Waals surface area contributed by atoms with E-state index in [1.807, 2.05) is 0 Å². The van der Waals surface area contributed by atoms with Gasteiger partial charge in [-0.2, -0.15) is 0 Å². The van der Waals surface area contributed by atoms with Crippen LogP contribution >= 0.6 is 0 Å². The zero-order valence-electron chi connectivity index (χ0n) is 15.8. The molecule has 0 aromatic heterocycles. The number of amides is 1. The van der Waals surface area contributed by atoms with Gasteiger partial charge >= 0.3 is 5.97 Å². The van der Waals surface area contributed by atoms with E-state index in [0.717, 1.165) is 32.5 Å². The minimum absolute atomic E-state index is 0.00401. The lowest BCUT2D eigenvalue weighted by Gasteiger charge is -2.29. The zero-order chi connectivity index (χ0) is 19.8. The lowest BCUT2D eigenvalue weighted by molar-refractivity contribution is -0.384. The van der Waals surface area contributed by atoms with Crippen molar-refractivity contribution < 1.29 is 19.2 Å². The van der Waals surface area contributed by atoms with Crippen LogP contribution in [-0.2, 0) is 9.59 Å². The molecule has 1 aliphatic rings. The maximum absolute atomic E-state index is 12.2. The predicted octanol–water partition coefficient (Wildman–Crippen LogP) is 1.56. The van der Waals surface area contributed by atoms with E-state index in [9.17, 15) is 19.7 Å². The Labute approximate surface area is 158 Å². The molecule has 148 valence electrons. The van der Waals surface area contributed by atoms with Crippen LogP contribution in [0.3, 0.4) is 0 Å². The summed E-state index contributed by atoms with van der Waals surface area (Å²) in [4.78, 5) is 38.1. The summed E-state index contributed by atoms with van der Waals surface area (Å²) in [7, 11) is 0. The summed E-state index contributed by atoms with van der Waals surface area (Å²) in [5.41, 5.74) is 0.331. The van der Waals surface area contributed by atoms with Gasteiger partial charge in [-0.1, -0.05) is 13.8 Å². The number of nitrogens with one attached hydrogen (secondary N) is 1. The average Bonchev–Trinajstić information content (AvgIpc) is 2.64. The van der Waals surface area contributed by atoms with Crippen molar-refractivity contribution in [2.75, 3.05) is 44.2 Å². The van der Waals surface area contributed by atoms with Crippen molar-refractivity contribution in [1.82, 2.24) is 10.2 Å². The minimum atomic E-state index is -0.558. The predicted molar refractivity (Wildman–Crippen MR) is 101 cm³/mol. The summed E-state index contributed by atoms with van der Waals surface area (Å²) in [6, 6.07) is 4.03. The quantitative estimate of drug-likeness (QED) is 0.216. The Hall–Kier alpha value is -2.68. The Morgan fingerprint density at radius 1 is 1.33 bits per heavy atom. The second-order valence-corrected chi connectivity index (χ2v) is 6.32. The van der Waals surface area contributed by atoms with E-state index in [1.54, 1.807) is 4.90 Å². The molecule has 1 N–H and O–H groups in total. The number of anilines is 1. The Balaban J connectivity index is 1.85. The molecule has 9 nitrogen and oxygen atoms in total. The number of hydrogen-bond donors (Lipinski definition) is 1. The number of nitro groups is 1. The molecule has 1 heterocycles. The molecule has 0 saturated carbocycles. The first-order chi connectivity index (χ1) is 12.9. The van der Waals surface area contributed by atoms with Crippen LogP contribution in [0, 0.1) is 10.1 Å². The van der Waals surface area contributed by atoms with E-state index < -0.39 is 10.9 Å². The molecule has 0 aliphatic carbocycles. The Morgan fingerprint density at radius 2 is 2.07 bits per heavy atom. The number of unbranched alkanes of at least 4 members (excludes halogenated alkanes) is 1. The second kappa shape index (κ2) is 9.86. The molecule has 1 amide bonds. The van der Waals surface area contributed by atoms with Gasteiger partial charge in [-0.05, 0) is 38.5 Å². The van der Waals surface area contributed by atoms with Crippen molar-refractivity contribution in [2.24, 2.45) is 0 Å². The van der Waals surface area contributed by atoms with Gasteiger partial charge in [0.05, 0.1) is 23.2 Å². The molecule has 1 aliphatic heterocycles. The summed E-state index contributed by atoms with van der Waals surface area (Å²) >= 11 is 0. The van der Waals surface area contributed by atoms with E-state index in [2.05, 4.69) is 24.1 Å². The van der Waals surface area contributed by atoms with Gasteiger partial charge in [0.15, 0.2) is 5.75 Å². The summed E-state index contributed by atoms with van der Waals surface area (Å²) in [5.74, 6) is -0.640. The number of non-ortho nitro benzene ring substituents is 1. The molecule has 0 spiro atoms. The molecular formula is C18H26N4O5. The summed E-state index contributed by atoms with van der Waals surface area (Å²) < 4.78 is 5.07. The number of carbonyl (C=O) groups is 2. The van der Waals surface area contributed by atoms with Gasteiger partial charge in [-0.3, -0.25) is 14.9 Å². The number of fused-ring (bicyclic) bond motifs is 1. The first-order valence-corrected chi connectivity index (χ1v) is 9.17. The van der Waals surface area contributed by atoms with Crippen molar-refractivity contribution in [2.45, 2.75) is 26.7 Å².